The van der Waals surface area contributed by atoms with Gasteiger partial charge in [-0.05, 0) is 48.9 Å². The second-order valence-electron chi connectivity index (χ2n) is 7.45. The molecule has 138 valence electrons. The maximum Gasteiger partial charge on any atom is 0.227 e. The molecule has 2 fully saturated rings. The first-order valence-corrected chi connectivity index (χ1v) is 9.55. The first-order chi connectivity index (χ1) is 12.7. The first-order valence-electron chi connectivity index (χ1n) is 9.55. The van der Waals surface area contributed by atoms with Crippen LogP contribution in [0.15, 0.2) is 28.8 Å². The maximum absolute atomic E-state index is 13.0. The number of aromatic nitrogens is 2. The Balaban J connectivity index is 1.31. The number of carbonyl (C=O) groups excluding carboxylic acids is 1. The highest BCUT2D eigenvalue weighted by Gasteiger charge is 2.32. The van der Waals surface area contributed by atoms with Crippen LogP contribution in [0.1, 0.15) is 44.4 Å². The van der Waals surface area contributed by atoms with Crippen LogP contribution in [-0.4, -0.2) is 34.0 Å². The number of aryl methyl sites for hydroxylation is 1. The van der Waals surface area contributed by atoms with E-state index in [4.69, 9.17) is 4.52 Å². The van der Waals surface area contributed by atoms with Crippen molar-refractivity contribution >= 4 is 5.91 Å². The Morgan fingerprint density at radius 1 is 1.15 bits per heavy atom. The molecule has 1 aromatic heterocycles. The van der Waals surface area contributed by atoms with Gasteiger partial charge in [0.25, 0.3) is 0 Å². The Hall–Kier alpha value is -2.24. The van der Waals surface area contributed by atoms with Gasteiger partial charge in [0.05, 0.1) is 0 Å². The summed E-state index contributed by atoms with van der Waals surface area (Å²) in [5.74, 6) is 2.26. The van der Waals surface area contributed by atoms with E-state index >= 15 is 0 Å². The van der Waals surface area contributed by atoms with E-state index in [1.807, 2.05) is 4.90 Å². The molecule has 2 aliphatic rings. The summed E-state index contributed by atoms with van der Waals surface area (Å²) in [4.78, 5) is 18.9. The van der Waals surface area contributed by atoms with Gasteiger partial charge >= 0.3 is 0 Å². The Morgan fingerprint density at radius 2 is 1.92 bits per heavy atom. The lowest BCUT2D eigenvalue weighted by molar-refractivity contribution is -0.134. The van der Waals surface area contributed by atoms with Crippen molar-refractivity contribution in [1.29, 1.82) is 0 Å². The van der Waals surface area contributed by atoms with Crippen molar-refractivity contribution in [2.24, 2.45) is 11.8 Å². The molecule has 2 aromatic rings. The van der Waals surface area contributed by atoms with Crippen LogP contribution in [-0.2, 0) is 11.2 Å². The lowest BCUT2D eigenvalue weighted by Crippen LogP contribution is -2.44. The fourth-order valence-corrected chi connectivity index (χ4v) is 4.27. The van der Waals surface area contributed by atoms with Crippen molar-refractivity contribution in [2.45, 2.75) is 44.9 Å². The molecule has 1 aliphatic heterocycles. The van der Waals surface area contributed by atoms with Crippen molar-refractivity contribution in [3.05, 3.63) is 36.0 Å². The minimum Gasteiger partial charge on any atom is -0.342 e. The predicted molar refractivity (Wildman–Crippen MR) is 94.7 cm³/mol. The number of rotatable bonds is 4. The lowest BCUT2D eigenvalue weighted by Gasteiger charge is -2.41. The molecule has 1 saturated carbocycles. The molecule has 0 N–H and O–H groups in total. The molecule has 1 aliphatic carbocycles. The number of amides is 1. The van der Waals surface area contributed by atoms with E-state index in [2.05, 4.69) is 10.1 Å². The Labute approximate surface area is 152 Å². The van der Waals surface area contributed by atoms with E-state index in [1.54, 1.807) is 12.1 Å². The van der Waals surface area contributed by atoms with Gasteiger partial charge in [-0.1, -0.05) is 24.4 Å². The SMILES string of the molecule is O=C(CCc1nc(-c2ccc(F)cc2)no1)N1CC[C@H]2CCCC[C@@H]2C1. The van der Waals surface area contributed by atoms with E-state index in [0.29, 0.717) is 36.0 Å². The van der Waals surface area contributed by atoms with Crippen molar-refractivity contribution < 1.29 is 13.7 Å². The highest BCUT2D eigenvalue weighted by Crippen LogP contribution is 2.36. The standard InChI is InChI=1S/C20H24FN3O2/c21-17-7-5-15(6-8-17)20-22-18(26-23-20)9-10-19(25)24-12-11-14-3-1-2-4-16(14)13-24/h5-8,14,16H,1-4,9-13H2/t14-,16-/m1/s1. The molecule has 0 spiro atoms. The van der Waals surface area contributed by atoms with Crippen molar-refractivity contribution in [1.82, 2.24) is 15.0 Å². The summed E-state index contributed by atoms with van der Waals surface area (Å²) in [6.07, 6.45) is 7.23. The molecule has 2 atom stereocenters. The maximum atomic E-state index is 13.0. The van der Waals surface area contributed by atoms with Gasteiger partial charge in [0.1, 0.15) is 5.82 Å². The molecule has 1 aromatic carbocycles. The molecule has 0 radical (unpaired) electrons. The number of nitrogens with zero attached hydrogens (tertiary/aromatic N) is 3. The van der Waals surface area contributed by atoms with Crippen LogP contribution in [0.25, 0.3) is 11.4 Å². The number of piperidine rings is 1. The molecular weight excluding hydrogens is 333 g/mol. The minimum absolute atomic E-state index is 0.176. The topological polar surface area (TPSA) is 59.2 Å². The van der Waals surface area contributed by atoms with Gasteiger partial charge in [-0.15, -0.1) is 0 Å². The fraction of sp³-hybridized carbons (Fsp3) is 0.550. The van der Waals surface area contributed by atoms with Crippen LogP contribution in [0.4, 0.5) is 4.39 Å². The van der Waals surface area contributed by atoms with Gasteiger partial charge in [-0.2, -0.15) is 4.98 Å². The number of hydrogen-bond acceptors (Lipinski definition) is 4. The second-order valence-corrected chi connectivity index (χ2v) is 7.45. The number of hydrogen-bond donors (Lipinski definition) is 0. The lowest BCUT2D eigenvalue weighted by atomic mass is 9.75. The molecular formula is C20H24FN3O2. The van der Waals surface area contributed by atoms with Gasteiger partial charge < -0.3 is 9.42 Å². The van der Waals surface area contributed by atoms with Gasteiger partial charge in [0.2, 0.25) is 17.6 Å². The smallest absolute Gasteiger partial charge is 0.227 e. The zero-order valence-electron chi connectivity index (χ0n) is 14.9. The second kappa shape index (κ2) is 7.56. The zero-order chi connectivity index (χ0) is 17.9. The number of fused-ring (bicyclic) bond motifs is 1. The third-order valence-electron chi connectivity index (χ3n) is 5.77. The summed E-state index contributed by atoms with van der Waals surface area (Å²) < 4.78 is 18.2. The normalized spacial score (nSPS) is 22.9. The third kappa shape index (κ3) is 3.79. The van der Waals surface area contributed by atoms with E-state index < -0.39 is 0 Å². The minimum atomic E-state index is -0.301. The quantitative estimate of drug-likeness (QED) is 0.834. The molecule has 1 saturated heterocycles. The number of carbonyl (C=O) groups is 1. The van der Waals surface area contributed by atoms with Crippen molar-refractivity contribution in [3.8, 4) is 11.4 Å². The average Bonchev–Trinajstić information content (AvgIpc) is 3.15. The summed E-state index contributed by atoms with van der Waals surface area (Å²) in [5, 5.41) is 3.93. The molecule has 2 heterocycles. The number of halogens is 1. The Kier molecular flexibility index (Phi) is 5.00. The Morgan fingerprint density at radius 3 is 2.73 bits per heavy atom. The number of benzene rings is 1. The van der Waals surface area contributed by atoms with Crippen molar-refractivity contribution in [2.75, 3.05) is 13.1 Å². The molecule has 6 heteroatoms. The van der Waals surface area contributed by atoms with Gasteiger partial charge in [0.15, 0.2) is 0 Å². The van der Waals surface area contributed by atoms with Crippen molar-refractivity contribution in [3.63, 3.8) is 0 Å². The van der Waals surface area contributed by atoms with E-state index in [0.717, 1.165) is 25.4 Å². The summed E-state index contributed by atoms with van der Waals surface area (Å²) in [5.41, 5.74) is 0.701. The molecule has 26 heavy (non-hydrogen) atoms. The van der Waals surface area contributed by atoms with Crippen LogP contribution in [0.5, 0.6) is 0 Å². The monoisotopic (exact) mass is 357 g/mol. The van der Waals surface area contributed by atoms with Crippen LogP contribution < -0.4 is 0 Å². The summed E-state index contributed by atoms with van der Waals surface area (Å²) in [6, 6.07) is 5.96. The number of likely N-dealkylation sites (tertiary alicyclic amines) is 1. The van der Waals surface area contributed by atoms with E-state index in [1.165, 1.54) is 37.8 Å². The molecule has 0 bridgehead atoms. The van der Waals surface area contributed by atoms with Crippen LogP contribution in [0, 0.1) is 17.7 Å². The van der Waals surface area contributed by atoms with Crippen LogP contribution in [0.3, 0.4) is 0 Å². The highest BCUT2D eigenvalue weighted by atomic mass is 19.1. The fourth-order valence-electron chi connectivity index (χ4n) is 4.27. The Bertz CT molecular complexity index is 759. The average molecular weight is 357 g/mol. The summed E-state index contributed by atoms with van der Waals surface area (Å²) in [7, 11) is 0. The molecule has 5 nitrogen and oxygen atoms in total. The molecule has 4 rings (SSSR count). The summed E-state index contributed by atoms with van der Waals surface area (Å²) in [6.45, 7) is 1.79. The molecule has 0 unspecified atom stereocenters. The zero-order valence-corrected chi connectivity index (χ0v) is 14.9. The van der Waals surface area contributed by atoms with Gasteiger partial charge in [0, 0.05) is 31.5 Å². The summed E-state index contributed by atoms with van der Waals surface area (Å²) >= 11 is 0. The van der Waals surface area contributed by atoms with Crippen LogP contribution in [0.2, 0.25) is 0 Å². The van der Waals surface area contributed by atoms with E-state index in [-0.39, 0.29) is 11.7 Å². The predicted octanol–water partition coefficient (Wildman–Crippen LogP) is 3.85. The highest BCUT2D eigenvalue weighted by molar-refractivity contribution is 5.76. The third-order valence-corrected chi connectivity index (χ3v) is 5.77. The first kappa shape index (κ1) is 17.2. The van der Waals surface area contributed by atoms with Gasteiger partial charge in [-0.25, -0.2) is 4.39 Å². The van der Waals surface area contributed by atoms with Crippen LogP contribution >= 0.6 is 0 Å². The largest absolute Gasteiger partial charge is 0.342 e. The van der Waals surface area contributed by atoms with E-state index in [9.17, 15) is 9.18 Å². The van der Waals surface area contributed by atoms with Gasteiger partial charge in [-0.3, -0.25) is 4.79 Å². The molecule has 1 amide bonds.